The molecule has 29 heavy (non-hydrogen) atoms. The average Bonchev–Trinajstić information content (AvgIpc) is 3.01. The van der Waals surface area contributed by atoms with Gasteiger partial charge in [0, 0.05) is 6.61 Å². The zero-order chi connectivity index (χ0) is 20.4. The number of aromatic hydroxyl groups is 1. The van der Waals surface area contributed by atoms with Crippen molar-refractivity contribution >= 4 is 0 Å². The van der Waals surface area contributed by atoms with Crippen LogP contribution in [0.25, 0.3) is 0 Å². The first-order chi connectivity index (χ1) is 14.0. The molecule has 1 aromatic carbocycles. The third-order valence-corrected chi connectivity index (χ3v) is 8.76. The molecule has 0 unspecified atom stereocenters. The lowest BCUT2D eigenvalue weighted by Gasteiger charge is -2.54. The lowest BCUT2D eigenvalue weighted by Crippen LogP contribution is -2.47. The fourth-order valence-electron chi connectivity index (χ4n) is 7.35. The van der Waals surface area contributed by atoms with Gasteiger partial charge in [0.1, 0.15) is 5.75 Å². The van der Waals surface area contributed by atoms with Crippen LogP contribution in [0.3, 0.4) is 0 Å². The van der Waals surface area contributed by atoms with Gasteiger partial charge in [-0.05, 0) is 97.3 Å². The molecule has 2 saturated carbocycles. The molecule has 162 valence electrons. The van der Waals surface area contributed by atoms with E-state index in [1.807, 2.05) is 12.1 Å². The summed E-state index contributed by atoms with van der Waals surface area (Å²) < 4.78 is 0. The van der Waals surface area contributed by atoms with Gasteiger partial charge >= 0.3 is 0 Å². The summed E-state index contributed by atoms with van der Waals surface area (Å²) in [6, 6.07) is 6.09. The Balaban J connectivity index is 1.49. The highest BCUT2D eigenvalue weighted by atomic mass is 16.3. The molecule has 0 spiro atoms. The minimum absolute atomic E-state index is 0.0986. The number of aliphatic hydroxyl groups excluding tert-OH is 2. The van der Waals surface area contributed by atoms with Gasteiger partial charge in [-0.15, -0.1) is 0 Å². The Bertz CT molecular complexity index is 687. The van der Waals surface area contributed by atoms with Crippen molar-refractivity contribution in [2.24, 2.45) is 23.2 Å². The predicted octanol–water partition coefficient (Wildman–Crippen LogP) is 5.56. The third-order valence-electron chi connectivity index (χ3n) is 8.76. The molecule has 1 aromatic rings. The number of unbranched alkanes of at least 4 members (excludes halogenated alkanes) is 5. The van der Waals surface area contributed by atoms with Crippen molar-refractivity contribution in [1.29, 1.82) is 0 Å². The van der Waals surface area contributed by atoms with E-state index in [-0.39, 0.29) is 11.5 Å². The lowest BCUT2D eigenvalue weighted by molar-refractivity contribution is -0.0501. The van der Waals surface area contributed by atoms with Gasteiger partial charge in [0.05, 0.1) is 6.10 Å². The van der Waals surface area contributed by atoms with E-state index in [1.165, 1.54) is 56.1 Å². The maximum atomic E-state index is 10.9. The molecule has 6 atom stereocenters. The molecular weight excluding hydrogens is 360 g/mol. The van der Waals surface area contributed by atoms with Crippen LogP contribution >= 0.6 is 0 Å². The van der Waals surface area contributed by atoms with E-state index >= 15 is 0 Å². The van der Waals surface area contributed by atoms with Gasteiger partial charge in [-0.1, -0.05) is 45.1 Å². The quantitative estimate of drug-likeness (QED) is 0.501. The van der Waals surface area contributed by atoms with E-state index in [4.69, 9.17) is 5.11 Å². The van der Waals surface area contributed by atoms with Gasteiger partial charge in [0.2, 0.25) is 0 Å². The Morgan fingerprint density at radius 3 is 2.55 bits per heavy atom. The van der Waals surface area contributed by atoms with Crippen molar-refractivity contribution in [3.8, 4) is 5.75 Å². The number of benzene rings is 1. The van der Waals surface area contributed by atoms with E-state index in [0.29, 0.717) is 36.0 Å². The second kappa shape index (κ2) is 8.98. The van der Waals surface area contributed by atoms with Gasteiger partial charge < -0.3 is 15.3 Å². The molecule has 0 aliphatic heterocycles. The lowest BCUT2D eigenvalue weighted by atomic mass is 9.51. The zero-order valence-corrected chi connectivity index (χ0v) is 18.2. The molecule has 3 nitrogen and oxygen atoms in total. The van der Waals surface area contributed by atoms with Gasteiger partial charge in [-0.25, -0.2) is 0 Å². The van der Waals surface area contributed by atoms with Crippen molar-refractivity contribution in [2.45, 2.75) is 96.0 Å². The normalized spacial score (nSPS) is 35.8. The van der Waals surface area contributed by atoms with Crippen LogP contribution in [0.4, 0.5) is 0 Å². The number of hydrogen-bond donors (Lipinski definition) is 3. The molecule has 2 fully saturated rings. The topological polar surface area (TPSA) is 60.7 Å². The minimum atomic E-state index is -0.129. The predicted molar refractivity (Wildman–Crippen MR) is 117 cm³/mol. The number of aliphatic hydroxyl groups is 2. The summed E-state index contributed by atoms with van der Waals surface area (Å²) in [4.78, 5) is 0. The van der Waals surface area contributed by atoms with Crippen molar-refractivity contribution in [3.05, 3.63) is 29.3 Å². The molecule has 0 heterocycles. The van der Waals surface area contributed by atoms with Gasteiger partial charge in [-0.2, -0.15) is 0 Å². The molecule has 0 amide bonds. The Labute approximate surface area is 176 Å². The van der Waals surface area contributed by atoms with E-state index in [0.717, 1.165) is 32.1 Å². The first-order valence-electron chi connectivity index (χ1n) is 12.2. The number of phenols is 1. The molecule has 0 bridgehead atoms. The fraction of sp³-hybridized carbons (Fsp3) is 0.769. The van der Waals surface area contributed by atoms with E-state index in [9.17, 15) is 10.2 Å². The highest BCUT2D eigenvalue weighted by Gasteiger charge is 2.57. The number of fused-ring (bicyclic) bond motifs is 5. The van der Waals surface area contributed by atoms with Gasteiger partial charge in [0.15, 0.2) is 0 Å². The van der Waals surface area contributed by atoms with Gasteiger partial charge in [-0.3, -0.25) is 0 Å². The Hall–Kier alpha value is -1.06. The number of hydrogen-bond acceptors (Lipinski definition) is 3. The SMILES string of the molecule is C[C@]12C[C@H](CCCCCCCCO)[C@@H]3c4ccc(O)cc4CC[C@H]3[C@@H]1CC[C@@H]2O. The highest BCUT2D eigenvalue weighted by Crippen LogP contribution is 2.63. The van der Waals surface area contributed by atoms with Crippen LogP contribution in [0.5, 0.6) is 5.75 Å². The van der Waals surface area contributed by atoms with Crippen molar-refractivity contribution in [2.75, 3.05) is 6.61 Å². The summed E-state index contributed by atoms with van der Waals surface area (Å²) in [7, 11) is 0. The Kier molecular flexibility index (Phi) is 6.56. The number of phenolic OH excluding ortho intramolecular Hbond substituents is 1. The van der Waals surface area contributed by atoms with E-state index in [1.54, 1.807) is 0 Å². The fourth-order valence-corrected chi connectivity index (χ4v) is 7.35. The van der Waals surface area contributed by atoms with Crippen molar-refractivity contribution < 1.29 is 15.3 Å². The second-order valence-electron chi connectivity index (χ2n) is 10.4. The molecule has 3 aliphatic carbocycles. The summed E-state index contributed by atoms with van der Waals surface area (Å²) in [6.45, 7) is 2.70. The van der Waals surface area contributed by atoms with Crippen LogP contribution in [0, 0.1) is 23.2 Å². The molecule has 0 saturated heterocycles. The summed E-state index contributed by atoms with van der Waals surface area (Å²) in [5, 5.41) is 29.8. The van der Waals surface area contributed by atoms with E-state index in [2.05, 4.69) is 13.0 Å². The second-order valence-corrected chi connectivity index (χ2v) is 10.4. The van der Waals surface area contributed by atoms with Crippen LogP contribution in [0.2, 0.25) is 0 Å². The van der Waals surface area contributed by atoms with Crippen LogP contribution < -0.4 is 0 Å². The molecule has 3 heteroatoms. The highest BCUT2D eigenvalue weighted by molar-refractivity contribution is 5.40. The van der Waals surface area contributed by atoms with Crippen LogP contribution in [-0.2, 0) is 6.42 Å². The maximum Gasteiger partial charge on any atom is 0.115 e. The monoisotopic (exact) mass is 400 g/mol. The maximum absolute atomic E-state index is 10.9. The van der Waals surface area contributed by atoms with Crippen molar-refractivity contribution in [3.63, 3.8) is 0 Å². The van der Waals surface area contributed by atoms with Crippen LogP contribution in [0.1, 0.15) is 94.6 Å². The molecule has 3 N–H and O–H groups in total. The first kappa shape index (κ1) is 21.2. The van der Waals surface area contributed by atoms with Crippen LogP contribution in [0.15, 0.2) is 18.2 Å². The third kappa shape index (κ3) is 4.10. The van der Waals surface area contributed by atoms with Crippen molar-refractivity contribution in [1.82, 2.24) is 0 Å². The number of rotatable bonds is 8. The largest absolute Gasteiger partial charge is 0.508 e. The standard InChI is InChI=1S/C26H40O3/c1-26-17-19(8-6-4-2-3-5-7-15-27)25-21-12-10-20(28)16-18(21)9-11-22(25)23(26)13-14-24(26)29/h10,12,16,19,22-25,27-29H,2-9,11,13-15,17H2,1H3/t19-,22-,23-,24-,25+,26-/m0/s1. The first-order valence-corrected chi connectivity index (χ1v) is 12.2. The zero-order valence-electron chi connectivity index (χ0n) is 18.2. The molecular formula is C26H40O3. The molecule has 0 aromatic heterocycles. The summed E-state index contributed by atoms with van der Waals surface area (Å²) in [5.41, 5.74) is 2.96. The Morgan fingerprint density at radius 1 is 1.00 bits per heavy atom. The Morgan fingerprint density at radius 2 is 1.76 bits per heavy atom. The summed E-state index contributed by atoms with van der Waals surface area (Å²) in [5.74, 6) is 3.00. The number of aryl methyl sites for hydroxylation is 1. The summed E-state index contributed by atoms with van der Waals surface area (Å²) >= 11 is 0. The average molecular weight is 401 g/mol. The smallest absolute Gasteiger partial charge is 0.115 e. The molecule has 4 rings (SSSR count). The van der Waals surface area contributed by atoms with Gasteiger partial charge in [0.25, 0.3) is 0 Å². The van der Waals surface area contributed by atoms with E-state index < -0.39 is 0 Å². The minimum Gasteiger partial charge on any atom is -0.508 e. The summed E-state index contributed by atoms with van der Waals surface area (Å²) in [6.07, 6.45) is 13.9. The molecule has 0 radical (unpaired) electrons. The van der Waals surface area contributed by atoms with Crippen LogP contribution in [-0.4, -0.2) is 28.0 Å². The molecule has 3 aliphatic rings.